The van der Waals surface area contributed by atoms with E-state index >= 15 is 4.39 Å². The van der Waals surface area contributed by atoms with Crippen molar-refractivity contribution in [2.24, 2.45) is 17.8 Å². The summed E-state index contributed by atoms with van der Waals surface area (Å²) in [5.41, 5.74) is -6.15. The Balaban J connectivity index is 2.15. The first-order valence-corrected chi connectivity index (χ1v) is 16.0. The number of halogens is 1. The second-order valence-electron chi connectivity index (χ2n) is 14.1. The van der Waals surface area contributed by atoms with Crippen LogP contribution in [-0.2, 0) is 38.1 Å². The lowest BCUT2D eigenvalue weighted by molar-refractivity contribution is -0.295. The minimum atomic E-state index is -3.16. The molecule has 3 aliphatic rings. The number of carbonyl (C=O) groups excluding carboxylic acids is 4. The van der Waals surface area contributed by atoms with Crippen LogP contribution in [0.25, 0.3) is 0 Å². The number of aliphatic hydroxyl groups is 1. The number of nitrogens with one attached hydrogen (secondary N) is 1. The second-order valence-corrected chi connectivity index (χ2v) is 14.1. The predicted molar refractivity (Wildman–Crippen MR) is 165 cm³/mol. The first kappa shape index (κ1) is 38.0. The number of hydrogen-bond donors (Lipinski definition) is 2. The number of rotatable bonds is 7. The van der Waals surface area contributed by atoms with Gasteiger partial charge in [-0.3, -0.25) is 9.59 Å². The van der Waals surface area contributed by atoms with Crippen LogP contribution in [0.2, 0.25) is 0 Å². The number of hydrogen-bond acceptors (Lipinski definition) is 11. The van der Waals surface area contributed by atoms with Crippen LogP contribution in [0.3, 0.4) is 0 Å². The van der Waals surface area contributed by atoms with Crippen molar-refractivity contribution in [3.05, 3.63) is 12.7 Å². The largest absolute Gasteiger partial charge is 0.455 e. The Morgan fingerprint density at radius 2 is 1.74 bits per heavy atom. The number of fused-ring (bicyclic) bond motifs is 1. The lowest BCUT2D eigenvalue weighted by Gasteiger charge is -2.47. The number of ketones is 2. The van der Waals surface area contributed by atoms with Gasteiger partial charge in [-0.15, -0.1) is 6.58 Å². The number of likely N-dealkylation sites (N-methyl/N-ethyl adjacent to an activating group) is 1. The van der Waals surface area contributed by atoms with Crippen molar-refractivity contribution >= 4 is 23.6 Å². The number of Topliss-reactive ketones (excluding diaryl/α,β-unsaturated/α-hetero) is 2. The van der Waals surface area contributed by atoms with Gasteiger partial charge in [-0.25, -0.2) is 14.0 Å². The van der Waals surface area contributed by atoms with E-state index in [9.17, 15) is 24.3 Å². The van der Waals surface area contributed by atoms with Crippen LogP contribution in [0.5, 0.6) is 0 Å². The van der Waals surface area contributed by atoms with Crippen LogP contribution < -0.4 is 5.32 Å². The zero-order chi connectivity index (χ0) is 34.9. The Morgan fingerprint density at radius 3 is 2.30 bits per heavy atom. The molecule has 3 rings (SSSR count). The van der Waals surface area contributed by atoms with Gasteiger partial charge in [0.05, 0.1) is 23.9 Å². The Kier molecular flexibility index (Phi) is 11.9. The average molecular weight is 657 g/mol. The highest BCUT2D eigenvalue weighted by Crippen LogP contribution is 2.41. The molecule has 0 aromatic carbocycles. The number of alkyl halides is 1. The topological polar surface area (TPSA) is 150 Å². The van der Waals surface area contributed by atoms with Crippen LogP contribution in [0.4, 0.5) is 9.18 Å². The standard InChI is InChI=1S/C33H53FN2O10/c1-12-13-14-22-33(8)25(35-30(41)46-33)19(4)23(37)17(2)16-31(6,42-11)27(20(5)26(39)32(7,34)29(40)44-22)45-28-24(38)21(36(9)10)15-18(3)43-28/h12,17-22,24-25,27-28,38H,1,13-16H2,2-11H3,(H,35,41)/t17-,18?,19+,20+,21?,22-,24?,25-,27-,28?,31-,32+,33-/m1/s1. The second kappa shape index (κ2) is 14.3. The zero-order valence-electron chi connectivity index (χ0n) is 28.8. The van der Waals surface area contributed by atoms with Gasteiger partial charge >= 0.3 is 12.1 Å². The molecule has 2 N–H and O–H groups in total. The monoisotopic (exact) mass is 656 g/mol. The lowest BCUT2D eigenvalue weighted by atomic mass is 9.73. The van der Waals surface area contributed by atoms with Crippen molar-refractivity contribution in [1.29, 1.82) is 0 Å². The Labute approximate surface area is 271 Å². The molecule has 0 aliphatic carbocycles. The summed E-state index contributed by atoms with van der Waals surface area (Å²) >= 11 is 0. The SMILES string of the molecule is C=CCC[C@H]1OC(=O)[C@@](C)(F)C(=O)[C@H](C)[C@@H](OC2OC(C)CC(N(C)C)C2O)[C@](C)(OC)C[C@@H](C)C(=O)[C@H](C)[C@H]2NC(=O)O[C@@]21C. The molecule has 3 saturated heterocycles. The number of alkyl carbamates (subject to hydrolysis) is 1. The summed E-state index contributed by atoms with van der Waals surface area (Å²) in [5, 5.41) is 13.9. The highest BCUT2D eigenvalue weighted by molar-refractivity contribution is 6.07. The van der Waals surface area contributed by atoms with Crippen molar-refractivity contribution in [3.8, 4) is 0 Å². The van der Waals surface area contributed by atoms with Crippen molar-refractivity contribution in [2.75, 3.05) is 21.2 Å². The van der Waals surface area contributed by atoms with E-state index < -0.39 is 83.1 Å². The van der Waals surface area contributed by atoms with Crippen LogP contribution in [0, 0.1) is 17.8 Å². The summed E-state index contributed by atoms with van der Waals surface area (Å²) in [4.78, 5) is 56.0. The molecular formula is C33H53FN2O10. The number of aliphatic hydroxyl groups excluding tert-OH is 1. The number of methoxy groups -OCH3 is 1. The molecule has 3 fully saturated rings. The van der Waals surface area contributed by atoms with E-state index in [-0.39, 0.29) is 30.8 Å². The number of amides is 1. The Bertz CT molecular complexity index is 1170. The molecule has 12 nitrogen and oxygen atoms in total. The number of carbonyl (C=O) groups is 4. The van der Waals surface area contributed by atoms with Gasteiger partial charge in [0.1, 0.15) is 18.0 Å². The molecule has 0 aromatic heterocycles. The lowest BCUT2D eigenvalue weighted by Crippen LogP contribution is -2.61. The molecule has 3 heterocycles. The third-order valence-electron chi connectivity index (χ3n) is 10.2. The normalized spacial score (nSPS) is 44.5. The predicted octanol–water partition coefficient (Wildman–Crippen LogP) is 3.13. The van der Waals surface area contributed by atoms with Gasteiger partial charge in [0.25, 0.3) is 5.67 Å². The van der Waals surface area contributed by atoms with Gasteiger partial charge in [0, 0.05) is 30.9 Å². The van der Waals surface area contributed by atoms with Crippen LogP contribution >= 0.6 is 0 Å². The van der Waals surface area contributed by atoms with Gasteiger partial charge in [-0.05, 0) is 67.5 Å². The third kappa shape index (κ3) is 7.33. The average Bonchev–Trinajstić information content (AvgIpc) is 3.31. The molecule has 3 aliphatic heterocycles. The van der Waals surface area contributed by atoms with Gasteiger partial charge in [-0.2, -0.15) is 0 Å². The number of esters is 1. The molecule has 13 heteroatoms. The minimum Gasteiger partial charge on any atom is -0.455 e. The minimum absolute atomic E-state index is 0.00994. The van der Waals surface area contributed by atoms with Crippen molar-refractivity contribution < 1.29 is 52.4 Å². The van der Waals surface area contributed by atoms with Gasteiger partial charge in [0.2, 0.25) is 0 Å². The highest BCUT2D eigenvalue weighted by Gasteiger charge is 2.59. The fraction of sp³-hybridized carbons (Fsp3) is 0.818. The maximum absolute atomic E-state index is 16.5. The van der Waals surface area contributed by atoms with E-state index in [1.165, 1.54) is 21.0 Å². The fourth-order valence-corrected chi connectivity index (χ4v) is 7.31. The quantitative estimate of drug-likeness (QED) is 0.236. The van der Waals surface area contributed by atoms with E-state index in [2.05, 4.69) is 11.9 Å². The molecule has 0 saturated carbocycles. The zero-order valence-corrected chi connectivity index (χ0v) is 28.8. The molecule has 0 radical (unpaired) electrons. The Morgan fingerprint density at radius 1 is 1.11 bits per heavy atom. The summed E-state index contributed by atoms with van der Waals surface area (Å²) < 4.78 is 46.2. The third-order valence-corrected chi connectivity index (χ3v) is 10.2. The number of allylic oxidation sites excluding steroid dienone is 1. The summed E-state index contributed by atoms with van der Waals surface area (Å²) in [6.45, 7) is 14.3. The molecule has 4 unspecified atom stereocenters. The maximum atomic E-state index is 16.5. The summed E-state index contributed by atoms with van der Waals surface area (Å²) in [7, 11) is 5.02. The summed E-state index contributed by atoms with van der Waals surface area (Å²) in [6, 6.07) is -1.29. The van der Waals surface area contributed by atoms with E-state index in [4.69, 9.17) is 23.7 Å². The molecule has 1 amide bonds. The molecule has 262 valence electrons. The first-order valence-electron chi connectivity index (χ1n) is 16.0. The van der Waals surface area contributed by atoms with Gasteiger partial charge in [-0.1, -0.05) is 26.8 Å². The molecule has 0 bridgehead atoms. The van der Waals surface area contributed by atoms with Crippen LogP contribution in [0.1, 0.15) is 74.1 Å². The fourth-order valence-electron chi connectivity index (χ4n) is 7.31. The number of cyclic esters (lactones) is 1. The van der Waals surface area contributed by atoms with E-state index in [0.717, 1.165) is 6.92 Å². The van der Waals surface area contributed by atoms with E-state index in [1.54, 1.807) is 26.8 Å². The smallest absolute Gasteiger partial charge is 0.408 e. The molecular weight excluding hydrogens is 603 g/mol. The molecule has 0 spiro atoms. The van der Waals surface area contributed by atoms with Gasteiger partial charge < -0.3 is 39.0 Å². The van der Waals surface area contributed by atoms with Crippen molar-refractivity contribution in [1.82, 2.24) is 10.2 Å². The maximum Gasteiger partial charge on any atom is 0.408 e. The first-order chi connectivity index (χ1) is 21.2. The van der Waals surface area contributed by atoms with Crippen molar-refractivity contribution in [3.63, 3.8) is 0 Å². The van der Waals surface area contributed by atoms with E-state index in [0.29, 0.717) is 12.8 Å². The molecule has 46 heavy (non-hydrogen) atoms. The highest BCUT2D eigenvalue weighted by atomic mass is 19.1. The number of ether oxygens (including phenoxy) is 5. The Hall–Kier alpha value is -2.45. The van der Waals surface area contributed by atoms with Crippen LogP contribution in [0.15, 0.2) is 12.7 Å². The van der Waals surface area contributed by atoms with Gasteiger partial charge in [0.15, 0.2) is 17.7 Å². The van der Waals surface area contributed by atoms with Crippen molar-refractivity contribution in [2.45, 2.75) is 134 Å². The molecule has 0 aromatic rings. The summed E-state index contributed by atoms with van der Waals surface area (Å²) in [6.07, 6.45) is -3.54. The van der Waals surface area contributed by atoms with Crippen LogP contribution in [-0.4, -0.2) is 115 Å². The number of nitrogens with zero attached hydrogens (tertiary/aromatic N) is 1. The summed E-state index contributed by atoms with van der Waals surface area (Å²) in [5.74, 6) is -5.76. The van der Waals surface area contributed by atoms with E-state index in [1.807, 2.05) is 25.9 Å². The molecule has 13 atom stereocenters.